The molecule has 9 aromatic carbocycles. The molecular weight excluding hydrogens is 569 g/mol. The van der Waals surface area contributed by atoms with Crippen LogP contribution in [0.2, 0.25) is 0 Å². The molecule has 0 spiro atoms. The zero-order valence-corrected chi connectivity index (χ0v) is 24.8. The Bertz CT molecular complexity index is 3070. The van der Waals surface area contributed by atoms with Gasteiger partial charge in [-0.1, -0.05) is 97.1 Å². The fraction of sp³-hybridized carbons (Fsp3) is 0. The highest BCUT2D eigenvalue weighted by Crippen LogP contribution is 2.60. The highest BCUT2D eigenvalue weighted by atomic mass is 32.1. The minimum atomic E-state index is 1.31. The number of benzene rings is 7. The lowest BCUT2D eigenvalue weighted by Gasteiger charge is -2.05. The molecule has 0 aliphatic heterocycles. The Kier molecular flexibility index (Phi) is 3.38. The van der Waals surface area contributed by atoms with Gasteiger partial charge in [0.1, 0.15) is 0 Å². The Morgan fingerprint density at radius 2 is 0.682 bits per heavy atom. The average Bonchev–Trinajstić information content (AvgIpc) is 3.87. The Morgan fingerprint density at radius 3 is 1.16 bits per heavy atom. The highest BCUT2D eigenvalue weighted by Gasteiger charge is 2.30. The first-order valence-electron chi connectivity index (χ1n) is 15.3. The van der Waals surface area contributed by atoms with Gasteiger partial charge in [0.05, 0.1) is 9.40 Å². The van der Waals surface area contributed by atoms with Crippen LogP contribution in [-0.2, 0) is 0 Å². The summed E-state index contributed by atoms with van der Waals surface area (Å²) in [5, 5.41) is 17.0. The van der Waals surface area contributed by atoms with Crippen LogP contribution in [-0.4, -0.2) is 0 Å². The van der Waals surface area contributed by atoms with Gasteiger partial charge in [0.15, 0.2) is 0 Å². The number of hydrogen-bond acceptors (Lipinski definition) is 2. The number of rotatable bonds is 0. The molecule has 2 heteroatoms. The van der Waals surface area contributed by atoms with E-state index >= 15 is 0 Å². The second kappa shape index (κ2) is 6.87. The van der Waals surface area contributed by atoms with Crippen LogP contribution < -0.4 is 0 Å². The van der Waals surface area contributed by atoms with E-state index in [4.69, 9.17) is 0 Å². The fourth-order valence-corrected chi connectivity index (χ4v) is 12.1. The summed E-state index contributed by atoms with van der Waals surface area (Å²) in [7, 11) is 0. The summed E-state index contributed by atoms with van der Waals surface area (Å²) in [6.07, 6.45) is 0. The van der Waals surface area contributed by atoms with E-state index in [1.54, 1.807) is 0 Å². The van der Waals surface area contributed by atoms with Crippen LogP contribution in [0.3, 0.4) is 0 Å². The molecule has 0 fully saturated rings. The summed E-state index contributed by atoms with van der Waals surface area (Å²) >= 11 is 4.05. The summed E-state index contributed by atoms with van der Waals surface area (Å²) in [5.74, 6) is 0. The van der Waals surface area contributed by atoms with Crippen molar-refractivity contribution in [3.05, 3.63) is 109 Å². The Labute approximate surface area is 258 Å². The first-order chi connectivity index (χ1) is 21.8. The maximum Gasteiger partial charge on any atom is 0.0549 e. The summed E-state index contributed by atoms with van der Waals surface area (Å²) in [4.78, 5) is 0. The van der Waals surface area contributed by atoms with E-state index < -0.39 is 0 Å². The molecule has 0 radical (unpaired) electrons. The van der Waals surface area contributed by atoms with Crippen molar-refractivity contribution >= 4 is 106 Å². The van der Waals surface area contributed by atoms with Crippen molar-refractivity contribution in [2.75, 3.05) is 0 Å². The van der Waals surface area contributed by atoms with Gasteiger partial charge in [-0.15, -0.1) is 22.7 Å². The Balaban J connectivity index is 1.15. The smallest absolute Gasteiger partial charge is 0.0549 e. The van der Waals surface area contributed by atoms with Crippen molar-refractivity contribution in [1.82, 2.24) is 0 Å². The van der Waals surface area contributed by atoms with Gasteiger partial charge in [0.2, 0.25) is 0 Å². The number of hydrogen-bond donors (Lipinski definition) is 0. The molecule has 44 heavy (non-hydrogen) atoms. The fourth-order valence-electron chi connectivity index (χ4n) is 9.13. The lowest BCUT2D eigenvalue weighted by molar-refractivity contribution is 1.70. The Hall–Kier alpha value is -5.02. The molecular formula is C42H18S2. The molecule has 13 rings (SSSR count). The Morgan fingerprint density at radius 1 is 0.273 bits per heavy atom. The van der Waals surface area contributed by atoms with Crippen LogP contribution in [0.4, 0.5) is 0 Å². The molecule has 2 aliphatic carbocycles. The lowest BCUT2D eigenvalue weighted by atomic mass is 9.99. The summed E-state index contributed by atoms with van der Waals surface area (Å²) in [6.45, 7) is 0. The summed E-state index contributed by atoms with van der Waals surface area (Å²) in [5.41, 5.74) is 11.1. The van der Waals surface area contributed by atoms with Crippen molar-refractivity contribution in [2.24, 2.45) is 0 Å². The largest absolute Gasteiger partial charge is 0.133 e. The van der Waals surface area contributed by atoms with Crippen molar-refractivity contribution < 1.29 is 0 Å². The molecule has 0 amide bonds. The third-order valence-electron chi connectivity index (χ3n) is 10.8. The van der Waals surface area contributed by atoms with Gasteiger partial charge >= 0.3 is 0 Å². The van der Waals surface area contributed by atoms with E-state index in [2.05, 4.69) is 109 Å². The monoisotopic (exact) mass is 586 g/mol. The third kappa shape index (κ3) is 2.16. The minimum Gasteiger partial charge on any atom is -0.133 e. The first-order valence-corrected chi connectivity index (χ1v) is 16.9. The molecule has 198 valence electrons. The molecule has 2 aliphatic rings. The topological polar surface area (TPSA) is 0 Å². The maximum atomic E-state index is 2.42. The van der Waals surface area contributed by atoms with Crippen LogP contribution in [0.25, 0.3) is 128 Å². The lowest BCUT2D eigenvalue weighted by Crippen LogP contribution is -1.78. The van der Waals surface area contributed by atoms with Crippen LogP contribution in [0.1, 0.15) is 0 Å². The van der Waals surface area contributed by atoms with E-state index in [1.165, 1.54) is 128 Å². The van der Waals surface area contributed by atoms with Gasteiger partial charge in [-0.3, -0.25) is 0 Å². The van der Waals surface area contributed by atoms with E-state index in [0.717, 1.165) is 0 Å². The quantitative estimate of drug-likeness (QED) is 0.166. The van der Waals surface area contributed by atoms with E-state index in [-0.39, 0.29) is 0 Å². The molecule has 0 N–H and O–H groups in total. The molecule has 0 saturated heterocycles. The minimum absolute atomic E-state index is 1.31. The molecule has 0 saturated carbocycles. The summed E-state index contributed by atoms with van der Waals surface area (Å²) in [6, 6.07) is 41.7. The predicted molar refractivity (Wildman–Crippen MR) is 193 cm³/mol. The van der Waals surface area contributed by atoms with Gasteiger partial charge in [-0.05, 0) is 99.7 Å². The molecule has 0 nitrogen and oxygen atoms in total. The van der Waals surface area contributed by atoms with Gasteiger partial charge in [-0.2, -0.15) is 0 Å². The van der Waals surface area contributed by atoms with Crippen molar-refractivity contribution in [1.29, 1.82) is 0 Å². The van der Waals surface area contributed by atoms with E-state index in [9.17, 15) is 0 Å². The summed E-state index contributed by atoms with van der Waals surface area (Å²) < 4.78 is 5.84. The first kappa shape index (κ1) is 21.6. The van der Waals surface area contributed by atoms with Gasteiger partial charge < -0.3 is 0 Å². The van der Waals surface area contributed by atoms with Crippen molar-refractivity contribution in [2.45, 2.75) is 0 Å². The zero-order valence-electron chi connectivity index (χ0n) is 23.2. The molecule has 11 aromatic rings. The zero-order chi connectivity index (χ0) is 28.0. The van der Waals surface area contributed by atoms with Gasteiger partial charge in [0, 0.05) is 30.9 Å². The number of thiophene rings is 2. The normalized spacial score (nSPS) is 13.5. The van der Waals surface area contributed by atoms with Gasteiger partial charge in [0.25, 0.3) is 0 Å². The third-order valence-corrected chi connectivity index (χ3v) is 13.5. The predicted octanol–water partition coefficient (Wildman–Crippen LogP) is 13.2. The van der Waals surface area contributed by atoms with Crippen LogP contribution in [0.5, 0.6) is 0 Å². The molecule has 2 aromatic heterocycles. The molecule has 2 heterocycles. The highest BCUT2D eigenvalue weighted by molar-refractivity contribution is 7.38. The second-order valence-electron chi connectivity index (χ2n) is 12.7. The average molecular weight is 587 g/mol. The standard InChI is InChI=1S/C42H18S2/c1-2-6-20-18-32-26-12-16-30-36-28(14-10-25(34(26)36)31(32)17-19(20)5-1)38-40(30)44-41-37-27-13-9-23-21-7-3-4-8-22(21)24-11-15-29(35(27)33(23)24)39(37)43-42(38)41/h1-18H. The molecule has 0 atom stereocenters. The van der Waals surface area contributed by atoms with Crippen LogP contribution in [0.15, 0.2) is 109 Å². The molecule has 0 unspecified atom stereocenters. The second-order valence-corrected chi connectivity index (χ2v) is 14.7. The van der Waals surface area contributed by atoms with Crippen LogP contribution in [0, 0.1) is 0 Å². The SMILES string of the molecule is c1ccc2c(c1)-c1ccc3c4sc5c(sc6c7ccc8c9c(ccc(c97)c65)-c5cc6ccccc6cc5-8)c4c4ccc-2c1c34. The number of fused-ring (bicyclic) bond motifs is 16. The van der Waals surface area contributed by atoms with Crippen molar-refractivity contribution in [3.63, 3.8) is 0 Å². The maximum absolute atomic E-state index is 2.42. The molecule has 0 bridgehead atoms. The van der Waals surface area contributed by atoms with E-state index in [0.29, 0.717) is 0 Å². The van der Waals surface area contributed by atoms with Crippen molar-refractivity contribution in [3.8, 4) is 44.5 Å². The van der Waals surface area contributed by atoms with Gasteiger partial charge in [-0.25, -0.2) is 0 Å². The van der Waals surface area contributed by atoms with Crippen LogP contribution >= 0.6 is 22.7 Å². The van der Waals surface area contributed by atoms with E-state index in [1.807, 2.05) is 22.7 Å².